The van der Waals surface area contributed by atoms with Gasteiger partial charge in [0.15, 0.2) is 0 Å². The number of hydrogen-bond acceptors (Lipinski definition) is 3. The first-order chi connectivity index (χ1) is 6.79. The second kappa shape index (κ2) is 4.29. The summed E-state index contributed by atoms with van der Waals surface area (Å²) in [5, 5.41) is 9.18. The summed E-state index contributed by atoms with van der Waals surface area (Å²) in [6.45, 7) is 1.28. The number of hydrogen-bond donors (Lipinski definition) is 1. The molecule has 14 heavy (non-hydrogen) atoms. The number of rotatable bonds is 3. The molecule has 2 rings (SSSR count). The molecule has 1 aromatic carbocycles. The van der Waals surface area contributed by atoms with Crippen molar-refractivity contribution in [3.63, 3.8) is 0 Å². The van der Waals surface area contributed by atoms with Gasteiger partial charge in [-0.2, -0.15) is 0 Å². The molecule has 4 heteroatoms. The Labute approximate surface area is 86.1 Å². The lowest BCUT2D eigenvalue weighted by molar-refractivity contribution is 0.0455. The zero-order valence-electron chi connectivity index (χ0n) is 7.57. The van der Waals surface area contributed by atoms with Crippen LogP contribution in [0.25, 0.3) is 0 Å². The van der Waals surface area contributed by atoms with E-state index >= 15 is 0 Å². The lowest BCUT2D eigenvalue weighted by atomic mass is 10.2. The summed E-state index contributed by atoms with van der Waals surface area (Å²) in [5.74, 6) is -0.256. The van der Waals surface area contributed by atoms with Gasteiger partial charge in [0.25, 0.3) is 0 Å². The van der Waals surface area contributed by atoms with E-state index in [-0.39, 0.29) is 12.4 Å². The van der Waals surface area contributed by atoms with Gasteiger partial charge >= 0.3 is 0 Å². The van der Waals surface area contributed by atoms with Crippen LogP contribution in [0.2, 0.25) is 0 Å². The highest BCUT2D eigenvalue weighted by atomic mass is 32.2. The van der Waals surface area contributed by atoms with Gasteiger partial charge in [-0.25, -0.2) is 4.39 Å². The van der Waals surface area contributed by atoms with E-state index in [1.54, 1.807) is 12.1 Å². The third-order valence-electron chi connectivity index (χ3n) is 2.08. The predicted octanol–water partition coefficient (Wildman–Crippen LogP) is 1.81. The highest BCUT2D eigenvalue weighted by Crippen LogP contribution is 2.30. The van der Waals surface area contributed by atoms with Crippen LogP contribution in [0.5, 0.6) is 0 Å². The fourth-order valence-electron chi connectivity index (χ4n) is 1.20. The van der Waals surface area contributed by atoms with E-state index in [9.17, 15) is 4.39 Å². The molecular formula is C10H11FO2S. The topological polar surface area (TPSA) is 29.5 Å². The molecule has 0 saturated carbocycles. The van der Waals surface area contributed by atoms with Crippen molar-refractivity contribution in [1.29, 1.82) is 0 Å². The van der Waals surface area contributed by atoms with E-state index in [1.807, 2.05) is 0 Å². The molecule has 0 aliphatic carbocycles. The van der Waals surface area contributed by atoms with Crippen LogP contribution in [-0.4, -0.2) is 23.6 Å². The number of aliphatic hydroxyl groups is 1. The maximum absolute atomic E-state index is 13.4. The van der Waals surface area contributed by atoms with Crippen LogP contribution in [0.4, 0.5) is 4.39 Å². The molecule has 1 fully saturated rings. The fraction of sp³-hybridized carbons (Fsp3) is 0.400. The lowest BCUT2D eigenvalue weighted by Gasteiger charge is -2.25. The maximum Gasteiger partial charge on any atom is 0.137 e. The van der Waals surface area contributed by atoms with Gasteiger partial charge in [0.2, 0.25) is 0 Å². The van der Waals surface area contributed by atoms with Gasteiger partial charge in [-0.3, -0.25) is 0 Å². The number of halogens is 1. The zero-order valence-corrected chi connectivity index (χ0v) is 8.39. The average Bonchev–Trinajstić information content (AvgIpc) is 2.13. The molecule has 0 radical (unpaired) electrons. The summed E-state index contributed by atoms with van der Waals surface area (Å²) >= 11 is 1.49. The monoisotopic (exact) mass is 214 g/mol. The Morgan fingerprint density at radius 2 is 2.29 bits per heavy atom. The Morgan fingerprint density at radius 3 is 2.79 bits per heavy atom. The second-order valence-electron chi connectivity index (χ2n) is 3.20. The number of aliphatic hydroxyl groups excluding tert-OH is 1. The quantitative estimate of drug-likeness (QED) is 0.832. The predicted molar refractivity (Wildman–Crippen MR) is 52.8 cm³/mol. The Morgan fingerprint density at radius 1 is 1.50 bits per heavy atom. The number of thioether (sulfide) groups is 1. The molecule has 0 unspecified atom stereocenters. The molecule has 0 bridgehead atoms. The van der Waals surface area contributed by atoms with Gasteiger partial charge in [0, 0.05) is 4.90 Å². The standard InChI is InChI=1S/C10H11FO2S/c11-9-3-7(4-12)1-2-10(9)14-8-5-13-6-8/h1-3,8,12H,4-6H2. The van der Waals surface area contributed by atoms with Crippen molar-refractivity contribution in [3.8, 4) is 0 Å². The van der Waals surface area contributed by atoms with E-state index in [4.69, 9.17) is 9.84 Å². The van der Waals surface area contributed by atoms with Crippen molar-refractivity contribution in [3.05, 3.63) is 29.6 Å². The van der Waals surface area contributed by atoms with Crippen molar-refractivity contribution in [2.75, 3.05) is 13.2 Å². The highest BCUT2D eigenvalue weighted by Gasteiger charge is 2.20. The summed E-state index contributed by atoms with van der Waals surface area (Å²) in [6.07, 6.45) is 0. The molecule has 2 nitrogen and oxygen atoms in total. The van der Waals surface area contributed by atoms with Crippen LogP contribution < -0.4 is 0 Å². The minimum Gasteiger partial charge on any atom is -0.392 e. The Kier molecular flexibility index (Phi) is 3.05. The third-order valence-corrected chi connectivity index (χ3v) is 3.27. The fourth-order valence-corrected chi connectivity index (χ4v) is 2.21. The number of benzene rings is 1. The lowest BCUT2D eigenvalue weighted by Crippen LogP contribution is -2.30. The summed E-state index contributed by atoms with van der Waals surface area (Å²) < 4.78 is 18.4. The molecular weight excluding hydrogens is 203 g/mol. The first kappa shape index (κ1) is 9.96. The molecule has 1 N–H and O–H groups in total. The third kappa shape index (κ3) is 2.08. The zero-order chi connectivity index (χ0) is 9.97. The highest BCUT2D eigenvalue weighted by molar-refractivity contribution is 8.00. The normalized spacial score (nSPS) is 16.7. The van der Waals surface area contributed by atoms with Crippen LogP contribution in [0, 0.1) is 5.82 Å². The largest absolute Gasteiger partial charge is 0.392 e. The van der Waals surface area contributed by atoms with Crippen molar-refractivity contribution in [1.82, 2.24) is 0 Å². The summed E-state index contributed by atoms with van der Waals surface area (Å²) in [7, 11) is 0. The molecule has 1 aliphatic heterocycles. The SMILES string of the molecule is OCc1ccc(SC2COC2)c(F)c1. The van der Waals surface area contributed by atoms with Gasteiger partial charge < -0.3 is 9.84 Å². The summed E-state index contributed by atoms with van der Waals surface area (Å²) in [5.41, 5.74) is 0.608. The van der Waals surface area contributed by atoms with Crippen LogP contribution in [0.1, 0.15) is 5.56 Å². The molecule has 1 heterocycles. The van der Waals surface area contributed by atoms with Crippen molar-refractivity contribution >= 4 is 11.8 Å². The molecule has 0 spiro atoms. The van der Waals surface area contributed by atoms with Crippen LogP contribution in [0.3, 0.4) is 0 Å². The molecule has 0 atom stereocenters. The van der Waals surface area contributed by atoms with E-state index in [2.05, 4.69) is 0 Å². The van der Waals surface area contributed by atoms with Gasteiger partial charge in [-0.15, -0.1) is 11.8 Å². The first-order valence-electron chi connectivity index (χ1n) is 4.43. The van der Waals surface area contributed by atoms with Gasteiger partial charge in [0.1, 0.15) is 5.82 Å². The smallest absolute Gasteiger partial charge is 0.137 e. The molecule has 0 amide bonds. The van der Waals surface area contributed by atoms with E-state index < -0.39 is 0 Å². The second-order valence-corrected chi connectivity index (χ2v) is 4.54. The van der Waals surface area contributed by atoms with Gasteiger partial charge in [0.05, 0.1) is 25.1 Å². The Hall–Kier alpha value is -0.580. The minimum atomic E-state index is -0.256. The van der Waals surface area contributed by atoms with E-state index in [0.717, 1.165) is 0 Å². The Bertz CT molecular complexity index is 326. The summed E-state index contributed by atoms with van der Waals surface area (Å²) in [6, 6.07) is 4.83. The molecule has 76 valence electrons. The van der Waals surface area contributed by atoms with E-state index in [0.29, 0.717) is 28.9 Å². The van der Waals surface area contributed by atoms with Gasteiger partial charge in [-0.1, -0.05) is 6.07 Å². The van der Waals surface area contributed by atoms with E-state index in [1.165, 1.54) is 17.8 Å². The van der Waals surface area contributed by atoms with Crippen LogP contribution in [0.15, 0.2) is 23.1 Å². The van der Waals surface area contributed by atoms with Crippen molar-refractivity contribution in [2.45, 2.75) is 16.8 Å². The first-order valence-corrected chi connectivity index (χ1v) is 5.31. The summed E-state index contributed by atoms with van der Waals surface area (Å²) in [4.78, 5) is 0.635. The minimum absolute atomic E-state index is 0.117. The molecule has 1 aliphatic rings. The average molecular weight is 214 g/mol. The van der Waals surface area contributed by atoms with Crippen LogP contribution >= 0.6 is 11.8 Å². The van der Waals surface area contributed by atoms with Crippen molar-refractivity contribution in [2.24, 2.45) is 0 Å². The Balaban J connectivity index is 2.09. The van der Waals surface area contributed by atoms with Crippen molar-refractivity contribution < 1.29 is 14.2 Å². The van der Waals surface area contributed by atoms with Gasteiger partial charge in [-0.05, 0) is 17.7 Å². The molecule has 0 aromatic heterocycles. The molecule has 1 aromatic rings. The molecule has 1 saturated heterocycles. The number of ether oxygens (including phenoxy) is 1. The maximum atomic E-state index is 13.4. The van der Waals surface area contributed by atoms with Crippen LogP contribution in [-0.2, 0) is 11.3 Å².